The van der Waals surface area contributed by atoms with Gasteiger partial charge in [0.05, 0.1) is 17.9 Å². The lowest BCUT2D eigenvalue weighted by molar-refractivity contribution is 0.102. The van der Waals surface area contributed by atoms with E-state index in [0.29, 0.717) is 18.0 Å². The highest BCUT2D eigenvalue weighted by molar-refractivity contribution is 6.02. The van der Waals surface area contributed by atoms with E-state index >= 15 is 0 Å². The van der Waals surface area contributed by atoms with Gasteiger partial charge in [0.2, 0.25) is 0 Å². The second kappa shape index (κ2) is 7.08. The molecule has 1 aromatic carbocycles. The Bertz CT molecular complexity index is 758. The number of benzene rings is 1. The molecule has 0 spiro atoms. The van der Waals surface area contributed by atoms with Crippen LogP contribution >= 0.6 is 0 Å². The second-order valence-electron chi connectivity index (χ2n) is 5.67. The zero-order valence-corrected chi connectivity index (χ0v) is 13.4. The van der Waals surface area contributed by atoms with Crippen molar-refractivity contribution in [1.29, 1.82) is 0 Å². The van der Waals surface area contributed by atoms with Crippen LogP contribution in [0.4, 0.5) is 5.69 Å². The third-order valence-corrected chi connectivity index (χ3v) is 3.70. The molecule has 1 aliphatic heterocycles. The van der Waals surface area contributed by atoms with Gasteiger partial charge in [-0.1, -0.05) is 12.1 Å². The molecule has 7 heteroatoms. The van der Waals surface area contributed by atoms with Crippen molar-refractivity contribution in [2.75, 3.05) is 11.9 Å². The summed E-state index contributed by atoms with van der Waals surface area (Å²) < 4.78 is 5.14. The van der Waals surface area contributed by atoms with Crippen molar-refractivity contribution in [1.82, 2.24) is 9.97 Å². The summed E-state index contributed by atoms with van der Waals surface area (Å²) in [4.78, 5) is 24.5. The first-order chi connectivity index (χ1) is 11.6. The molecule has 3 N–H and O–H groups in total. The summed E-state index contributed by atoms with van der Waals surface area (Å²) in [5.74, 6) is -0.271. The maximum Gasteiger partial charge on any atom is 0.282 e. The van der Waals surface area contributed by atoms with Gasteiger partial charge in [-0.25, -0.2) is 9.98 Å². The number of hydrogen-bond acceptors (Lipinski definition) is 6. The molecule has 1 aliphatic rings. The number of hydrogen-bond donors (Lipinski definition) is 2. The Morgan fingerprint density at radius 3 is 2.79 bits per heavy atom. The Labute approximate surface area is 140 Å². The van der Waals surface area contributed by atoms with Crippen LogP contribution < -0.4 is 11.1 Å². The SMILES string of the molecule is Cc1cncc(C(=O)Nc2ccc(CCC3COC(N)=N3)cc2)n1. The topological polar surface area (TPSA) is 102 Å². The molecule has 0 saturated carbocycles. The van der Waals surface area contributed by atoms with E-state index < -0.39 is 0 Å². The van der Waals surface area contributed by atoms with E-state index in [2.05, 4.69) is 20.3 Å². The second-order valence-corrected chi connectivity index (χ2v) is 5.67. The summed E-state index contributed by atoms with van der Waals surface area (Å²) in [5, 5.41) is 2.82. The zero-order valence-electron chi connectivity index (χ0n) is 13.4. The third kappa shape index (κ3) is 4.07. The predicted octanol–water partition coefficient (Wildman–Crippen LogP) is 1.68. The average Bonchev–Trinajstić information content (AvgIpc) is 3.00. The summed E-state index contributed by atoms with van der Waals surface area (Å²) in [6.45, 7) is 2.35. The molecular formula is C17H19N5O2. The third-order valence-electron chi connectivity index (χ3n) is 3.70. The fourth-order valence-electron chi connectivity index (χ4n) is 2.44. The van der Waals surface area contributed by atoms with E-state index in [0.717, 1.165) is 18.5 Å². The van der Waals surface area contributed by atoms with Gasteiger partial charge in [-0.2, -0.15) is 0 Å². The molecule has 1 amide bonds. The number of rotatable bonds is 5. The predicted molar refractivity (Wildman–Crippen MR) is 90.8 cm³/mol. The summed E-state index contributed by atoms with van der Waals surface area (Å²) in [6, 6.07) is 8.13. The standard InChI is InChI=1S/C17H19N5O2/c1-11-8-19-9-15(20-11)16(23)21-13-5-2-12(3-6-13)4-7-14-10-24-17(18)22-14/h2-3,5-6,8-9,14H,4,7,10H2,1H3,(H2,18,22)(H,21,23). The van der Waals surface area contributed by atoms with Gasteiger partial charge >= 0.3 is 0 Å². The Morgan fingerprint density at radius 2 is 2.12 bits per heavy atom. The molecule has 3 rings (SSSR count). The summed E-state index contributed by atoms with van der Waals surface area (Å²) in [5.41, 5.74) is 8.39. The maximum atomic E-state index is 12.1. The maximum absolute atomic E-state index is 12.1. The van der Waals surface area contributed by atoms with Crippen molar-refractivity contribution in [2.45, 2.75) is 25.8 Å². The molecule has 0 saturated heterocycles. The van der Waals surface area contributed by atoms with Crippen molar-refractivity contribution in [3.63, 3.8) is 0 Å². The van der Waals surface area contributed by atoms with Crippen LogP contribution in [-0.4, -0.2) is 34.5 Å². The van der Waals surface area contributed by atoms with Crippen LogP contribution in [0.1, 0.15) is 28.2 Å². The highest BCUT2D eigenvalue weighted by Gasteiger charge is 2.16. The first-order valence-electron chi connectivity index (χ1n) is 7.75. The van der Waals surface area contributed by atoms with E-state index in [9.17, 15) is 4.79 Å². The Balaban J connectivity index is 1.55. The number of nitrogens with two attached hydrogens (primary N) is 1. The number of aliphatic imine (C=N–C) groups is 1. The highest BCUT2D eigenvalue weighted by Crippen LogP contribution is 2.15. The first kappa shape index (κ1) is 15.9. The van der Waals surface area contributed by atoms with Crippen LogP contribution in [0.5, 0.6) is 0 Å². The van der Waals surface area contributed by atoms with Gasteiger partial charge in [0, 0.05) is 11.9 Å². The van der Waals surface area contributed by atoms with Crippen LogP contribution in [0.2, 0.25) is 0 Å². The molecule has 1 unspecified atom stereocenters. The number of anilines is 1. The number of carbonyl (C=O) groups excluding carboxylic acids is 1. The van der Waals surface area contributed by atoms with E-state index in [1.54, 1.807) is 13.1 Å². The molecule has 1 atom stereocenters. The van der Waals surface area contributed by atoms with Crippen molar-refractivity contribution >= 4 is 17.6 Å². The highest BCUT2D eigenvalue weighted by atomic mass is 16.5. The van der Waals surface area contributed by atoms with Gasteiger partial charge in [-0.3, -0.25) is 9.78 Å². The quantitative estimate of drug-likeness (QED) is 0.871. The van der Waals surface area contributed by atoms with E-state index in [1.807, 2.05) is 24.3 Å². The molecular weight excluding hydrogens is 306 g/mol. The minimum atomic E-state index is -0.271. The minimum absolute atomic E-state index is 0.129. The molecule has 0 aliphatic carbocycles. The number of carbonyl (C=O) groups is 1. The Morgan fingerprint density at radius 1 is 1.33 bits per heavy atom. The van der Waals surface area contributed by atoms with Crippen molar-refractivity contribution in [3.8, 4) is 0 Å². The molecule has 7 nitrogen and oxygen atoms in total. The first-order valence-corrected chi connectivity index (χ1v) is 7.75. The van der Waals surface area contributed by atoms with Crippen molar-refractivity contribution in [3.05, 3.63) is 53.6 Å². The molecule has 0 bridgehead atoms. The summed E-state index contributed by atoms with van der Waals surface area (Å²) in [7, 11) is 0. The fourth-order valence-corrected chi connectivity index (χ4v) is 2.44. The lowest BCUT2D eigenvalue weighted by Crippen LogP contribution is -2.14. The molecule has 1 aromatic heterocycles. The van der Waals surface area contributed by atoms with Crippen LogP contribution in [0.25, 0.3) is 0 Å². The van der Waals surface area contributed by atoms with Gasteiger partial charge in [-0.15, -0.1) is 0 Å². The van der Waals surface area contributed by atoms with Gasteiger partial charge in [0.25, 0.3) is 11.9 Å². The zero-order chi connectivity index (χ0) is 16.9. The van der Waals surface area contributed by atoms with Gasteiger partial charge < -0.3 is 15.8 Å². The molecule has 2 heterocycles. The molecule has 124 valence electrons. The van der Waals surface area contributed by atoms with Crippen molar-refractivity contribution in [2.24, 2.45) is 10.7 Å². The van der Waals surface area contributed by atoms with Crippen LogP contribution in [0.15, 0.2) is 41.7 Å². The van der Waals surface area contributed by atoms with Crippen LogP contribution in [0.3, 0.4) is 0 Å². The normalized spacial score (nSPS) is 16.4. The number of ether oxygens (including phenoxy) is 1. The van der Waals surface area contributed by atoms with E-state index in [1.165, 1.54) is 11.8 Å². The number of aromatic nitrogens is 2. The lowest BCUT2D eigenvalue weighted by Gasteiger charge is -2.08. The number of nitrogens with zero attached hydrogens (tertiary/aromatic N) is 3. The number of amides is 1. The Hall–Kier alpha value is -2.96. The number of aryl methyl sites for hydroxylation is 2. The van der Waals surface area contributed by atoms with Gasteiger partial charge in [-0.05, 0) is 37.5 Å². The van der Waals surface area contributed by atoms with Crippen LogP contribution in [0, 0.1) is 6.92 Å². The molecule has 0 radical (unpaired) electrons. The largest absolute Gasteiger partial charge is 0.463 e. The monoisotopic (exact) mass is 325 g/mol. The molecule has 2 aromatic rings. The summed E-state index contributed by atoms with van der Waals surface area (Å²) in [6.07, 6.45) is 4.82. The summed E-state index contributed by atoms with van der Waals surface area (Å²) >= 11 is 0. The fraction of sp³-hybridized carbons (Fsp3) is 0.294. The van der Waals surface area contributed by atoms with Crippen molar-refractivity contribution < 1.29 is 9.53 Å². The van der Waals surface area contributed by atoms with Gasteiger partial charge in [0.1, 0.15) is 12.3 Å². The number of nitrogens with one attached hydrogen (secondary N) is 1. The minimum Gasteiger partial charge on any atom is -0.463 e. The average molecular weight is 325 g/mol. The molecule has 24 heavy (non-hydrogen) atoms. The number of amidine groups is 1. The van der Waals surface area contributed by atoms with Crippen LogP contribution in [-0.2, 0) is 11.2 Å². The van der Waals surface area contributed by atoms with E-state index in [4.69, 9.17) is 10.5 Å². The lowest BCUT2D eigenvalue weighted by atomic mass is 10.1. The Kier molecular flexibility index (Phi) is 4.69. The van der Waals surface area contributed by atoms with E-state index in [-0.39, 0.29) is 18.0 Å². The van der Waals surface area contributed by atoms with Gasteiger partial charge in [0.15, 0.2) is 0 Å². The smallest absolute Gasteiger partial charge is 0.282 e. The molecule has 0 fully saturated rings.